The number of benzene rings is 6. The Balaban J connectivity index is 1.12. The molecule has 0 saturated heterocycles. The maximum atomic E-state index is 11.6. The maximum Gasteiger partial charge on any atom is 0.127 e. The third-order valence-electron chi connectivity index (χ3n) is 8.81. The Bertz CT molecular complexity index is 2090. The molecule has 0 bridgehead atoms. The summed E-state index contributed by atoms with van der Waals surface area (Å²) in [5.74, 6) is 2.22. The van der Waals surface area contributed by atoms with Crippen LogP contribution in [-0.2, 0) is 11.5 Å². The molecular formula is C42H36O2S2. The number of aromatic hydroxyl groups is 2. The first-order chi connectivity index (χ1) is 22.5. The van der Waals surface area contributed by atoms with Gasteiger partial charge in [-0.2, -0.15) is 0 Å². The van der Waals surface area contributed by atoms with Crippen LogP contribution in [0.15, 0.2) is 131 Å². The van der Waals surface area contributed by atoms with Gasteiger partial charge in [0.1, 0.15) is 11.5 Å². The van der Waals surface area contributed by atoms with Crippen LogP contribution < -0.4 is 0 Å². The third kappa shape index (κ3) is 6.08. The number of phenolic OH excluding ortho intramolecular Hbond substituents is 2. The lowest BCUT2D eigenvalue weighted by Crippen LogP contribution is -2.07. The average Bonchev–Trinajstić information content (AvgIpc) is 3.08. The Morgan fingerprint density at radius 3 is 2.02 bits per heavy atom. The Labute approximate surface area is 279 Å². The van der Waals surface area contributed by atoms with Crippen LogP contribution in [0.3, 0.4) is 0 Å². The molecule has 0 radical (unpaired) electrons. The molecule has 228 valence electrons. The van der Waals surface area contributed by atoms with Crippen LogP contribution in [-0.4, -0.2) is 10.2 Å². The van der Waals surface area contributed by atoms with Crippen molar-refractivity contribution < 1.29 is 10.2 Å². The number of fused-ring (bicyclic) bond motifs is 2. The van der Waals surface area contributed by atoms with Gasteiger partial charge < -0.3 is 10.2 Å². The standard InChI is InChI=1S/C42H36O2S2/c1-27-21-31(41(43)37(23-27)35-17-9-13-29-11-3-5-15-33(29)35)25-45-39-19-7-8-20-40(39)46-26-32-22-28(2)24-38(42(32)44)36-18-10-14-30-12-4-6-16-34(30)36/h3-17,19-24,36,43-44H,18,25-26H2,1-2H3. The predicted molar refractivity (Wildman–Crippen MR) is 196 cm³/mol. The van der Waals surface area contributed by atoms with E-state index in [0.29, 0.717) is 23.0 Å². The Kier molecular flexibility index (Phi) is 8.66. The molecule has 1 atom stereocenters. The van der Waals surface area contributed by atoms with Crippen LogP contribution >= 0.6 is 23.5 Å². The van der Waals surface area contributed by atoms with Crippen molar-refractivity contribution in [3.63, 3.8) is 0 Å². The van der Waals surface area contributed by atoms with E-state index < -0.39 is 0 Å². The molecule has 46 heavy (non-hydrogen) atoms. The minimum absolute atomic E-state index is 0.147. The van der Waals surface area contributed by atoms with Crippen molar-refractivity contribution in [2.45, 2.75) is 47.5 Å². The van der Waals surface area contributed by atoms with Gasteiger partial charge in [-0.1, -0.05) is 115 Å². The highest BCUT2D eigenvalue weighted by molar-refractivity contribution is 8.01. The zero-order valence-corrected chi connectivity index (χ0v) is 27.7. The smallest absolute Gasteiger partial charge is 0.127 e. The second kappa shape index (κ2) is 13.2. The monoisotopic (exact) mass is 636 g/mol. The molecule has 0 aliphatic heterocycles. The zero-order chi connectivity index (χ0) is 31.6. The summed E-state index contributed by atoms with van der Waals surface area (Å²) in [6, 6.07) is 40.0. The lowest BCUT2D eigenvalue weighted by Gasteiger charge is -2.24. The van der Waals surface area contributed by atoms with E-state index in [2.05, 4.69) is 129 Å². The molecular weight excluding hydrogens is 601 g/mol. The summed E-state index contributed by atoms with van der Waals surface area (Å²) in [6.07, 6.45) is 5.28. The molecule has 0 fully saturated rings. The van der Waals surface area contributed by atoms with Gasteiger partial charge in [-0.3, -0.25) is 0 Å². The minimum atomic E-state index is 0.147. The van der Waals surface area contributed by atoms with Crippen molar-refractivity contribution in [3.05, 3.63) is 160 Å². The molecule has 7 rings (SSSR count). The summed E-state index contributed by atoms with van der Waals surface area (Å²) in [5, 5.41) is 25.4. The van der Waals surface area contributed by atoms with Gasteiger partial charge in [-0.15, -0.1) is 23.5 Å². The Morgan fingerprint density at radius 2 is 1.24 bits per heavy atom. The molecule has 6 aromatic carbocycles. The quantitative estimate of drug-likeness (QED) is 0.163. The fourth-order valence-electron chi connectivity index (χ4n) is 6.62. The van der Waals surface area contributed by atoms with E-state index >= 15 is 0 Å². The van der Waals surface area contributed by atoms with Gasteiger partial charge >= 0.3 is 0 Å². The minimum Gasteiger partial charge on any atom is -0.507 e. The van der Waals surface area contributed by atoms with Gasteiger partial charge in [0.25, 0.3) is 0 Å². The van der Waals surface area contributed by atoms with Gasteiger partial charge in [0.15, 0.2) is 0 Å². The SMILES string of the molecule is Cc1cc(CSc2ccccc2SCc2cc(C)cc(C3CC=Cc4ccccc43)c2O)c(O)c(-c2cccc3ccccc23)c1. The summed E-state index contributed by atoms with van der Waals surface area (Å²) >= 11 is 3.49. The summed E-state index contributed by atoms with van der Waals surface area (Å²) in [6.45, 7) is 4.21. The summed E-state index contributed by atoms with van der Waals surface area (Å²) in [4.78, 5) is 2.33. The molecule has 1 aliphatic rings. The number of hydrogen-bond donors (Lipinski definition) is 2. The fourth-order valence-corrected chi connectivity index (χ4v) is 8.81. The third-order valence-corrected chi connectivity index (χ3v) is 11.2. The summed E-state index contributed by atoms with van der Waals surface area (Å²) in [5.41, 5.74) is 9.60. The molecule has 1 unspecified atom stereocenters. The average molecular weight is 637 g/mol. The number of thioether (sulfide) groups is 2. The van der Waals surface area contributed by atoms with E-state index in [4.69, 9.17) is 0 Å². The highest BCUT2D eigenvalue weighted by atomic mass is 32.2. The molecule has 0 heterocycles. The second-order valence-corrected chi connectivity index (χ2v) is 14.1. The molecule has 0 amide bonds. The highest BCUT2D eigenvalue weighted by Gasteiger charge is 2.23. The van der Waals surface area contributed by atoms with Crippen LogP contribution in [0.4, 0.5) is 0 Å². The number of aryl methyl sites for hydroxylation is 2. The van der Waals surface area contributed by atoms with Crippen LogP contribution in [0.1, 0.15) is 51.3 Å². The summed E-state index contributed by atoms with van der Waals surface area (Å²) in [7, 11) is 0. The molecule has 0 saturated carbocycles. The molecule has 2 nitrogen and oxygen atoms in total. The molecule has 0 spiro atoms. The van der Waals surface area contributed by atoms with Gasteiger partial charge in [0.2, 0.25) is 0 Å². The van der Waals surface area contributed by atoms with Crippen molar-refractivity contribution in [1.29, 1.82) is 0 Å². The van der Waals surface area contributed by atoms with Crippen LogP contribution in [0.2, 0.25) is 0 Å². The van der Waals surface area contributed by atoms with Crippen molar-refractivity contribution in [2.24, 2.45) is 0 Å². The van der Waals surface area contributed by atoms with Crippen molar-refractivity contribution in [2.75, 3.05) is 0 Å². The van der Waals surface area contributed by atoms with Gasteiger partial charge in [-0.05, 0) is 71.5 Å². The molecule has 2 N–H and O–H groups in total. The molecule has 1 aliphatic carbocycles. The Morgan fingerprint density at radius 1 is 0.609 bits per heavy atom. The van der Waals surface area contributed by atoms with Gasteiger partial charge in [-0.25, -0.2) is 0 Å². The highest BCUT2D eigenvalue weighted by Crippen LogP contribution is 2.44. The maximum absolute atomic E-state index is 11.6. The van der Waals surface area contributed by atoms with E-state index in [0.717, 1.165) is 56.1 Å². The van der Waals surface area contributed by atoms with E-state index in [1.807, 2.05) is 12.1 Å². The van der Waals surface area contributed by atoms with Crippen LogP contribution in [0.5, 0.6) is 11.5 Å². The first kappa shape index (κ1) is 30.3. The topological polar surface area (TPSA) is 40.5 Å². The van der Waals surface area contributed by atoms with E-state index in [1.54, 1.807) is 23.5 Å². The number of hydrogen-bond acceptors (Lipinski definition) is 4. The number of rotatable bonds is 8. The normalized spacial score (nSPS) is 14.0. The molecule has 0 aromatic heterocycles. The summed E-state index contributed by atoms with van der Waals surface area (Å²) < 4.78 is 0. The number of allylic oxidation sites excluding steroid dienone is 1. The lowest BCUT2D eigenvalue weighted by molar-refractivity contribution is 0.459. The van der Waals surface area contributed by atoms with Crippen molar-refractivity contribution in [1.82, 2.24) is 0 Å². The molecule has 4 heteroatoms. The zero-order valence-electron chi connectivity index (χ0n) is 26.0. The number of phenols is 2. The second-order valence-electron chi connectivity index (χ2n) is 12.1. The van der Waals surface area contributed by atoms with E-state index in [-0.39, 0.29) is 5.92 Å². The van der Waals surface area contributed by atoms with Gasteiger partial charge in [0.05, 0.1) is 0 Å². The van der Waals surface area contributed by atoms with E-state index in [1.165, 1.54) is 20.9 Å². The first-order valence-electron chi connectivity index (χ1n) is 15.7. The van der Waals surface area contributed by atoms with Crippen LogP contribution in [0.25, 0.3) is 28.0 Å². The Hall–Kier alpha value is -4.38. The predicted octanol–water partition coefficient (Wildman–Crippen LogP) is 11.7. The largest absolute Gasteiger partial charge is 0.507 e. The lowest BCUT2D eigenvalue weighted by atomic mass is 9.81. The van der Waals surface area contributed by atoms with Crippen molar-refractivity contribution in [3.8, 4) is 22.6 Å². The van der Waals surface area contributed by atoms with Crippen molar-refractivity contribution >= 4 is 40.4 Å². The fraction of sp³-hybridized carbons (Fsp3) is 0.143. The van der Waals surface area contributed by atoms with Crippen LogP contribution in [0, 0.1) is 13.8 Å². The first-order valence-corrected chi connectivity index (χ1v) is 17.7. The van der Waals surface area contributed by atoms with E-state index in [9.17, 15) is 10.2 Å². The molecule has 6 aromatic rings. The van der Waals surface area contributed by atoms with Gasteiger partial charge in [0, 0.05) is 49.5 Å².